The molecule has 0 aliphatic carbocycles. The summed E-state index contributed by atoms with van der Waals surface area (Å²) in [5, 5.41) is 12.4. The molecule has 62 valence electrons. The SMILES string of the molecule is c1csc(COn2cnnn2)c1. The van der Waals surface area contributed by atoms with Crippen LogP contribution >= 0.6 is 11.3 Å². The molecule has 0 aliphatic rings. The van der Waals surface area contributed by atoms with Crippen molar-refractivity contribution in [2.75, 3.05) is 0 Å². The zero-order valence-corrected chi connectivity index (χ0v) is 6.94. The van der Waals surface area contributed by atoms with E-state index in [9.17, 15) is 0 Å². The molecule has 0 amide bonds. The van der Waals surface area contributed by atoms with Crippen molar-refractivity contribution >= 4 is 11.3 Å². The summed E-state index contributed by atoms with van der Waals surface area (Å²) in [6.07, 6.45) is 1.41. The Kier molecular flexibility index (Phi) is 2.00. The summed E-state index contributed by atoms with van der Waals surface area (Å²) in [6.45, 7) is 0.503. The van der Waals surface area contributed by atoms with Crippen molar-refractivity contribution in [3.63, 3.8) is 0 Å². The fourth-order valence-electron chi connectivity index (χ4n) is 0.736. The molecule has 2 aromatic rings. The average Bonchev–Trinajstić information content (AvgIpc) is 2.74. The fourth-order valence-corrected chi connectivity index (χ4v) is 1.35. The number of aromatic nitrogens is 4. The van der Waals surface area contributed by atoms with Gasteiger partial charge in [0, 0.05) is 4.88 Å². The third-order valence-electron chi connectivity index (χ3n) is 1.25. The highest BCUT2D eigenvalue weighted by Crippen LogP contribution is 2.07. The van der Waals surface area contributed by atoms with Gasteiger partial charge in [-0.1, -0.05) is 10.9 Å². The second-order valence-corrected chi connectivity index (χ2v) is 3.10. The van der Waals surface area contributed by atoms with Crippen molar-refractivity contribution < 1.29 is 4.84 Å². The van der Waals surface area contributed by atoms with E-state index in [1.807, 2.05) is 17.5 Å². The van der Waals surface area contributed by atoms with Crippen LogP contribution in [0.3, 0.4) is 0 Å². The molecule has 0 saturated carbocycles. The Bertz CT molecular complexity index is 283. The third kappa shape index (κ3) is 1.59. The monoisotopic (exact) mass is 182 g/mol. The molecule has 0 fully saturated rings. The van der Waals surface area contributed by atoms with E-state index in [1.165, 1.54) is 11.2 Å². The molecule has 6 heteroatoms. The fraction of sp³-hybridized carbons (Fsp3) is 0.167. The Balaban J connectivity index is 1.91. The number of nitrogens with zero attached hydrogens (tertiary/aromatic N) is 4. The summed E-state index contributed by atoms with van der Waals surface area (Å²) < 4.78 is 0. The van der Waals surface area contributed by atoms with E-state index in [4.69, 9.17) is 4.84 Å². The largest absolute Gasteiger partial charge is 0.388 e. The first kappa shape index (κ1) is 7.23. The average molecular weight is 182 g/mol. The number of rotatable bonds is 3. The zero-order chi connectivity index (χ0) is 8.23. The number of hydrogen-bond donors (Lipinski definition) is 0. The maximum atomic E-state index is 5.18. The van der Waals surface area contributed by atoms with Gasteiger partial charge in [0.25, 0.3) is 0 Å². The summed E-state index contributed by atoms with van der Waals surface area (Å²) in [4.78, 5) is 7.56. The Morgan fingerprint density at radius 3 is 3.25 bits per heavy atom. The quantitative estimate of drug-likeness (QED) is 0.688. The van der Waals surface area contributed by atoms with E-state index in [0.29, 0.717) is 6.61 Å². The molecule has 0 saturated heterocycles. The van der Waals surface area contributed by atoms with E-state index in [-0.39, 0.29) is 0 Å². The van der Waals surface area contributed by atoms with Crippen LogP contribution in [0.5, 0.6) is 0 Å². The smallest absolute Gasteiger partial charge is 0.179 e. The van der Waals surface area contributed by atoms with Crippen molar-refractivity contribution in [1.82, 2.24) is 20.4 Å². The van der Waals surface area contributed by atoms with Gasteiger partial charge in [0.2, 0.25) is 0 Å². The molecule has 0 unspecified atom stereocenters. The van der Waals surface area contributed by atoms with Crippen LogP contribution in [-0.2, 0) is 6.61 Å². The molecule has 2 heterocycles. The standard InChI is InChI=1S/C6H6N4OS/c1-2-6(12-3-1)4-11-10-5-7-8-9-10/h1-3,5H,4H2. The minimum atomic E-state index is 0.503. The molecule has 12 heavy (non-hydrogen) atoms. The van der Waals surface area contributed by atoms with Crippen LogP contribution in [0.1, 0.15) is 4.88 Å². The minimum absolute atomic E-state index is 0.503. The summed E-state index contributed by atoms with van der Waals surface area (Å²) in [6, 6.07) is 3.97. The number of thiophene rings is 1. The van der Waals surface area contributed by atoms with Gasteiger partial charge in [-0.2, -0.15) is 0 Å². The molecule has 0 aliphatic heterocycles. The highest BCUT2D eigenvalue weighted by atomic mass is 32.1. The first-order valence-corrected chi connectivity index (χ1v) is 4.22. The van der Waals surface area contributed by atoms with Crippen molar-refractivity contribution in [2.45, 2.75) is 6.61 Å². The summed E-state index contributed by atoms with van der Waals surface area (Å²) in [5.41, 5.74) is 0. The van der Waals surface area contributed by atoms with Crippen molar-refractivity contribution in [1.29, 1.82) is 0 Å². The van der Waals surface area contributed by atoms with Gasteiger partial charge in [0.15, 0.2) is 12.9 Å². The molecule has 0 spiro atoms. The second kappa shape index (κ2) is 3.31. The van der Waals surface area contributed by atoms with Gasteiger partial charge in [-0.15, -0.1) is 16.4 Å². The van der Waals surface area contributed by atoms with Crippen LogP contribution in [0.4, 0.5) is 0 Å². The van der Waals surface area contributed by atoms with Crippen molar-refractivity contribution in [2.24, 2.45) is 0 Å². The molecular weight excluding hydrogens is 176 g/mol. The lowest BCUT2D eigenvalue weighted by Gasteiger charge is -1.99. The van der Waals surface area contributed by atoms with Crippen LogP contribution in [-0.4, -0.2) is 20.4 Å². The predicted octanol–water partition coefficient (Wildman–Crippen LogP) is 0.363. The molecule has 5 nitrogen and oxygen atoms in total. The first-order chi connectivity index (χ1) is 5.95. The zero-order valence-electron chi connectivity index (χ0n) is 6.12. The lowest BCUT2D eigenvalue weighted by Crippen LogP contribution is -2.10. The maximum Gasteiger partial charge on any atom is 0.179 e. The summed E-state index contributed by atoms with van der Waals surface area (Å²) in [7, 11) is 0. The Morgan fingerprint density at radius 2 is 2.58 bits per heavy atom. The lowest BCUT2D eigenvalue weighted by molar-refractivity contribution is 0.0675. The minimum Gasteiger partial charge on any atom is -0.388 e. The Morgan fingerprint density at radius 1 is 1.58 bits per heavy atom. The first-order valence-electron chi connectivity index (χ1n) is 3.34. The highest BCUT2D eigenvalue weighted by Gasteiger charge is 1.95. The van der Waals surface area contributed by atoms with Gasteiger partial charge in [0.05, 0.1) is 0 Å². The maximum absolute atomic E-state index is 5.18. The van der Waals surface area contributed by atoms with Crippen LogP contribution in [0.25, 0.3) is 0 Å². The molecule has 2 rings (SSSR count). The highest BCUT2D eigenvalue weighted by molar-refractivity contribution is 7.09. The van der Waals surface area contributed by atoms with E-state index < -0.39 is 0 Å². The molecular formula is C6H6N4OS. The normalized spacial score (nSPS) is 10.0. The van der Waals surface area contributed by atoms with Gasteiger partial charge in [0.1, 0.15) is 0 Å². The van der Waals surface area contributed by atoms with Gasteiger partial charge >= 0.3 is 0 Å². The molecule has 0 radical (unpaired) electrons. The lowest BCUT2D eigenvalue weighted by atomic mass is 10.5. The van der Waals surface area contributed by atoms with Crippen LogP contribution in [0.2, 0.25) is 0 Å². The number of tetrazole rings is 1. The van der Waals surface area contributed by atoms with E-state index >= 15 is 0 Å². The van der Waals surface area contributed by atoms with Gasteiger partial charge in [-0.3, -0.25) is 0 Å². The van der Waals surface area contributed by atoms with E-state index in [2.05, 4.69) is 15.5 Å². The Hall–Kier alpha value is -1.43. The predicted molar refractivity (Wildman–Crippen MR) is 42.4 cm³/mol. The van der Waals surface area contributed by atoms with Gasteiger partial charge in [-0.25, -0.2) is 0 Å². The van der Waals surface area contributed by atoms with Crippen molar-refractivity contribution in [3.8, 4) is 0 Å². The van der Waals surface area contributed by atoms with Crippen molar-refractivity contribution in [3.05, 3.63) is 28.7 Å². The third-order valence-corrected chi connectivity index (χ3v) is 2.10. The van der Waals surface area contributed by atoms with Gasteiger partial charge in [-0.05, 0) is 21.9 Å². The van der Waals surface area contributed by atoms with Crippen LogP contribution < -0.4 is 4.84 Å². The van der Waals surface area contributed by atoms with E-state index in [1.54, 1.807) is 11.3 Å². The van der Waals surface area contributed by atoms with Crippen LogP contribution in [0.15, 0.2) is 23.8 Å². The summed E-state index contributed by atoms with van der Waals surface area (Å²) >= 11 is 1.64. The molecule has 0 N–H and O–H groups in total. The second-order valence-electron chi connectivity index (χ2n) is 2.07. The summed E-state index contributed by atoms with van der Waals surface area (Å²) in [5.74, 6) is 0. The molecule has 2 aromatic heterocycles. The van der Waals surface area contributed by atoms with Gasteiger partial charge < -0.3 is 4.84 Å². The molecule has 0 aromatic carbocycles. The van der Waals surface area contributed by atoms with Crippen LogP contribution in [0, 0.1) is 0 Å². The van der Waals surface area contributed by atoms with E-state index in [0.717, 1.165) is 4.88 Å². The molecule has 0 bridgehead atoms. The molecule has 0 atom stereocenters. The topological polar surface area (TPSA) is 52.8 Å². The number of hydrogen-bond acceptors (Lipinski definition) is 5. The Labute approximate surface area is 72.5 Å².